The van der Waals surface area contributed by atoms with E-state index >= 15 is 0 Å². The van der Waals surface area contributed by atoms with Gasteiger partial charge < -0.3 is 54.6 Å². The van der Waals surface area contributed by atoms with E-state index in [0.717, 1.165) is 17.3 Å². The Bertz CT molecular complexity index is 2530. The summed E-state index contributed by atoms with van der Waals surface area (Å²) in [5, 5.41) is 65.3. The van der Waals surface area contributed by atoms with Crippen molar-refractivity contribution in [2.45, 2.75) is 91.7 Å². The molecular formula is C51H58N2O13. The smallest absolute Gasteiger partial charge is 0.312 e. The first-order chi connectivity index (χ1) is 31.3. The lowest BCUT2D eigenvalue weighted by Gasteiger charge is -2.38. The van der Waals surface area contributed by atoms with E-state index in [1.54, 1.807) is 39.8 Å². The zero-order valence-corrected chi connectivity index (χ0v) is 38.4. The van der Waals surface area contributed by atoms with Crippen LogP contribution >= 0.6 is 0 Å². The third kappa shape index (κ3) is 9.64. The van der Waals surface area contributed by atoms with Crippen LogP contribution in [0.15, 0.2) is 102 Å². The van der Waals surface area contributed by atoms with Crippen molar-refractivity contribution < 1.29 is 63.7 Å². The number of aliphatic hydroxyl groups is 2. The Morgan fingerprint density at radius 1 is 0.848 bits per heavy atom. The first-order valence-electron chi connectivity index (χ1n) is 21.7. The number of amides is 1. The Kier molecular flexibility index (Phi) is 14.9. The summed E-state index contributed by atoms with van der Waals surface area (Å²) in [4.78, 5) is 47.0. The van der Waals surface area contributed by atoms with Gasteiger partial charge in [0.25, 0.3) is 11.7 Å². The number of esters is 1. The average Bonchev–Trinajstić information content (AvgIpc) is 3.57. The number of hydrogen-bond acceptors (Lipinski definition) is 14. The summed E-state index contributed by atoms with van der Waals surface area (Å²) in [6, 6.07) is 18.5. The maximum atomic E-state index is 14.6. The molecule has 3 heterocycles. The molecule has 350 valence electrons. The van der Waals surface area contributed by atoms with Gasteiger partial charge in [0.1, 0.15) is 23.4 Å². The molecule has 3 aliphatic rings. The van der Waals surface area contributed by atoms with E-state index in [0.29, 0.717) is 0 Å². The van der Waals surface area contributed by atoms with E-state index < -0.39 is 94.9 Å². The number of carbonyl (C=O) groups is 3. The topological polar surface area (TPSA) is 223 Å². The second kappa shape index (κ2) is 20.2. The van der Waals surface area contributed by atoms with Crippen LogP contribution in [0.25, 0.3) is 10.8 Å². The van der Waals surface area contributed by atoms with Crippen LogP contribution in [0.2, 0.25) is 0 Å². The molecule has 4 aromatic carbocycles. The average molecular weight is 907 g/mol. The highest BCUT2D eigenvalue weighted by Gasteiger charge is 2.50. The number of phenolic OH excluding ortho intramolecular Hbond substituents is 3. The Balaban J connectivity index is 1.53. The summed E-state index contributed by atoms with van der Waals surface area (Å²) in [6.07, 6.45) is 3.74. The van der Waals surface area contributed by atoms with E-state index in [2.05, 4.69) is 10.5 Å². The predicted molar refractivity (Wildman–Crippen MR) is 247 cm³/mol. The number of benzene rings is 4. The number of ether oxygens (including phenoxy) is 4. The number of fused-ring (bicyclic) bond motifs is 14. The molecule has 5 bridgehead atoms. The van der Waals surface area contributed by atoms with Gasteiger partial charge in [-0.3, -0.25) is 14.4 Å². The second-order valence-electron chi connectivity index (χ2n) is 17.2. The second-order valence-corrected chi connectivity index (χ2v) is 17.2. The molecule has 0 spiro atoms. The normalized spacial score (nSPS) is 26.3. The van der Waals surface area contributed by atoms with Crippen LogP contribution in [-0.2, 0) is 28.6 Å². The number of hydrogen-bond donors (Lipinski definition) is 6. The zero-order chi connectivity index (χ0) is 48.2. The number of nitrogens with zero attached hydrogens (tertiary/aromatic N) is 1. The number of methoxy groups -OCH3 is 1. The number of aliphatic hydroxyl groups excluding tert-OH is 2. The van der Waals surface area contributed by atoms with Crippen LogP contribution in [-0.4, -0.2) is 86.7 Å². The molecule has 6 N–H and O–H groups in total. The highest BCUT2D eigenvalue weighted by atomic mass is 16.7. The number of carbonyl (C=O) groups excluding carboxylic acids is 3. The van der Waals surface area contributed by atoms with Gasteiger partial charge >= 0.3 is 11.8 Å². The molecule has 0 saturated heterocycles. The Morgan fingerprint density at radius 3 is 2.06 bits per heavy atom. The van der Waals surface area contributed by atoms with Gasteiger partial charge in [0.2, 0.25) is 0 Å². The fourth-order valence-electron chi connectivity index (χ4n) is 8.59. The van der Waals surface area contributed by atoms with Crippen molar-refractivity contribution in [2.24, 2.45) is 28.8 Å². The molecule has 0 aromatic heterocycles. The van der Waals surface area contributed by atoms with Crippen molar-refractivity contribution in [1.82, 2.24) is 0 Å². The van der Waals surface area contributed by atoms with Gasteiger partial charge in [0.15, 0.2) is 11.9 Å². The maximum absolute atomic E-state index is 14.6. The summed E-state index contributed by atoms with van der Waals surface area (Å²) >= 11 is 0. The van der Waals surface area contributed by atoms with Crippen LogP contribution in [0, 0.1) is 30.6 Å². The van der Waals surface area contributed by atoms with Gasteiger partial charge in [-0.25, -0.2) is 0 Å². The summed E-state index contributed by atoms with van der Waals surface area (Å²) in [7, 11) is 1.43. The number of phenols is 3. The lowest BCUT2D eigenvalue weighted by atomic mass is 9.78. The minimum absolute atomic E-state index is 0.0184. The first kappa shape index (κ1) is 48.8. The van der Waals surface area contributed by atoms with Crippen molar-refractivity contribution in [2.75, 3.05) is 12.4 Å². The number of aromatic hydroxyl groups is 3. The highest BCUT2D eigenvalue weighted by molar-refractivity contribution is 6.23. The third-order valence-electron chi connectivity index (χ3n) is 12.6. The molecular weight excluding hydrogens is 849 g/mol. The van der Waals surface area contributed by atoms with Crippen molar-refractivity contribution in [3.8, 4) is 23.0 Å². The summed E-state index contributed by atoms with van der Waals surface area (Å²) in [6.45, 7) is 12.4. The van der Waals surface area contributed by atoms with Crippen LogP contribution in [0.5, 0.6) is 23.0 Å². The molecule has 66 heavy (non-hydrogen) atoms. The van der Waals surface area contributed by atoms with Gasteiger partial charge in [0.05, 0.1) is 53.0 Å². The zero-order valence-electron chi connectivity index (χ0n) is 38.4. The molecule has 4 aromatic rings. The number of anilines is 1. The van der Waals surface area contributed by atoms with Crippen LogP contribution in [0.1, 0.15) is 87.2 Å². The molecule has 15 nitrogen and oxygen atoms in total. The van der Waals surface area contributed by atoms with E-state index in [1.807, 2.05) is 60.7 Å². The molecule has 3 aliphatic heterocycles. The van der Waals surface area contributed by atoms with Gasteiger partial charge in [-0.05, 0) is 31.1 Å². The predicted octanol–water partition coefficient (Wildman–Crippen LogP) is 7.89. The molecule has 7 rings (SSSR count). The lowest BCUT2D eigenvalue weighted by Crippen LogP contribution is -2.46. The van der Waals surface area contributed by atoms with E-state index in [1.165, 1.54) is 53.2 Å². The molecule has 9 atom stereocenters. The summed E-state index contributed by atoms with van der Waals surface area (Å²) in [5.74, 6) is -8.88. The van der Waals surface area contributed by atoms with Crippen LogP contribution < -0.4 is 10.1 Å². The Morgan fingerprint density at radius 2 is 1.47 bits per heavy atom. The molecule has 0 fully saturated rings. The molecule has 0 unspecified atom stereocenters. The quantitative estimate of drug-likeness (QED) is 0.0342. The number of nitrogens with one attached hydrogen (secondary N) is 1. The van der Waals surface area contributed by atoms with Crippen LogP contribution in [0.3, 0.4) is 0 Å². The monoisotopic (exact) mass is 906 g/mol. The van der Waals surface area contributed by atoms with Gasteiger partial charge in [-0.1, -0.05) is 112 Å². The highest BCUT2D eigenvalue weighted by Crippen LogP contribution is 2.55. The van der Waals surface area contributed by atoms with Gasteiger partial charge in [-0.15, -0.1) is 0 Å². The third-order valence-corrected chi connectivity index (χ3v) is 12.6. The molecule has 0 aliphatic carbocycles. The maximum Gasteiger partial charge on any atom is 0.312 e. The minimum atomic E-state index is -2.10. The largest absolute Gasteiger partial charge is 0.507 e. The summed E-state index contributed by atoms with van der Waals surface area (Å²) < 4.78 is 23.7. The molecule has 0 saturated carbocycles. The lowest BCUT2D eigenvalue weighted by molar-refractivity contribution is -0.160. The SMILES string of the molecule is CO[C@@H]1C=CO[C@@]2(C)Oc3c(C)c(O)c4c(O)c(c(C=NOC(c5ccccc5)c5ccccc5)c(O)c4c3C2=O)NC(=O)C(C)=CC=C[C@H](C)[C@H](O)[C@H](C)[C@H](O)[C@H](C)[C@@H](OC(C)=O)[C@H]1C. The van der Waals surface area contributed by atoms with E-state index in [4.69, 9.17) is 23.8 Å². The Hall–Kier alpha value is -6.68. The number of rotatable bonds is 7. The number of oxime groups is 1. The van der Waals surface area contributed by atoms with E-state index in [-0.39, 0.29) is 44.5 Å². The fraction of sp³-hybridized carbons (Fsp3) is 0.373. The minimum Gasteiger partial charge on any atom is -0.507 e. The van der Waals surface area contributed by atoms with Crippen molar-refractivity contribution in [3.63, 3.8) is 0 Å². The standard InChI is InChI=1S/C51H58N2O13/c1-26-17-16-18-27(2)50(61)53-40-35(25-52-66-48(33-19-12-10-13-20-33)34-21-14-11-15-22-34)44(58)37-38(45(40)59)43(57)31(6)47-39(37)49(60)51(8,65-47)63-24-23-36(62-9)28(3)46(64-32(7)54)30(5)42(56)29(4)41(26)55/h10-26,28-30,36,41-42,46,48,55-59H,1-9H3,(H,53,61)/t26-,28-,29-,30-,36+,41-,42-,46-,51-/m0/s1. The van der Waals surface area contributed by atoms with Crippen molar-refractivity contribution >= 4 is 40.3 Å². The molecule has 0 radical (unpaired) electrons. The van der Waals surface area contributed by atoms with E-state index in [9.17, 15) is 39.9 Å². The van der Waals surface area contributed by atoms with Crippen molar-refractivity contribution in [1.29, 1.82) is 0 Å². The number of allylic oxidation sites excluding steroid dienone is 2. The number of ketones is 1. The van der Waals surface area contributed by atoms with Gasteiger partial charge in [-0.2, -0.15) is 0 Å². The van der Waals surface area contributed by atoms with Crippen LogP contribution in [0.4, 0.5) is 5.69 Å². The first-order valence-corrected chi connectivity index (χ1v) is 21.7. The fourth-order valence-corrected chi connectivity index (χ4v) is 8.59. The summed E-state index contributed by atoms with van der Waals surface area (Å²) in [5.41, 5.74) is 0.756. The number of Topliss-reactive ketones (excluding diaryl/α,β-unsaturated/α-hetero) is 1. The molecule has 15 heteroatoms. The molecule has 1 amide bonds. The Labute approximate surface area is 383 Å². The van der Waals surface area contributed by atoms with Crippen molar-refractivity contribution in [3.05, 3.63) is 125 Å². The van der Waals surface area contributed by atoms with Gasteiger partial charge in [0, 0.05) is 61.2 Å².